The molecule has 1 aromatic carbocycles. The molecule has 1 aromatic heterocycles. The summed E-state index contributed by atoms with van der Waals surface area (Å²) in [5.74, 6) is 2.55. The molecule has 2 fully saturated rings. The van der Waals surface area contributed by atoms with Crippen LogP contribution in [-0.4, -0.2) is 17.1 Å². The molecular formula is C23H30N2O3. The molecule has 5 heteroatoms. The van der Waals surface area contributed by atoms with E-state index in [1.54, 1.807) is 0 Å². The second-order valence-corrected chi connectivity index (χ2v) is 8.89. The van der Waals surface area contributed by atoms with Crippen LogP contribution in [0.15, 0.2) is 40.9 Å². The predicted molar refractivity (Wildman–Crippen MR) is 107 cm³/mol. The highest BCUT2D eigenvalue weighted by Gasteiger charge is 2.49. The van der Waals surface area contributed by atoms with E-state index in [1.807, 2.05) is 36.4 Å². The third-order valence-corrected chi connectivity index (χ3v) is 6.70. The largest absolute Gasteiger partial charge is 0.486 e. The van der Waals surface area contributed by atoms with Crippen LogP contribution in [0.25, 0.3) is 0 Å². The van der Waals surface area contributed by atoms with Crippen molar-refractivity contribution in [1.29, 1.82) is 0 Å². The summed E-state index contributed by atoms with van der Waals surface area (Å²) in [6.07, 6.45) is 6.37. The van der Waals surface area contributed by atoms with Crippen molar-refractivity contribution in [2.45, 2.75) is 65.0 Å². The van der Waals surface area contributed by atoms with E-state index in [2.05, 4.69) is 24.3 Å². The number of benzene rings is 1. The maximum Gasteiger partial charge on any atom is 0.223 e. The lowest BCUT2D eigenvalue weighted by molar-refractivity contribution is -0.129. The molecule has 0 radical (unpaired) electrons. The van der Waals surface area contributed by atoms with Crippen LogP contribution in [0.4, 0.5) is 0 Å². The van der Waals surface area contributed by atoms with Gasteiger partial charge in [-0.2, -0.15) is 0 Å². The van der Waals surface area contributed by atoms with Crippen LogP contribution in [-0.2, 0) is 17.8 Å². The number of ether oxygens (including phenoxy) is 1. The molecule has 2 aliphatic rings. The third kappa shape index (κ3) is 4.08. The van der Waals surface area contributed by atoms with E-state index in [-0.39, 0.29) is 23.3 Å². The standard InChI is InChI=1S/C23H30N2O3/c1-23(2)17(13-21(23)24-22(26)16-8-6-7-9-16)12-18-14-20(28-25-18)15-27-19-10-4-3-5-11-19/h3-5,10-11,14,16-17,21H,6-9,12-13,15H2,1-2H3,(H,24,26)/t17-,21+/m1/s1. The van der Waals surface area contributed by atoms with Crippen LogP contribution in [0, 0.1) is 17.3 Å². The molecule has 28 heavy (non-hydrogen) atoms. The molecule has 2 saturated carbocycles. The van der Waals surface area contributed by atoms with E-state index in [4.69, 9.17) is 9.26 Å². The average Bonchev–Trinajstić information content (AvgIpc) is 3.38. The van der Waals surface area contributed by atoms with Crippen molar-refractivity contribution in [2.24, 2.45) is 17.3 Å². The first kappa shape index (κ1) is 19.0. The summed E-state index contributed by atoms with van der Waals surface area (Å²) >= 11 is 0. The van der Waals surface area contributed by atoms with Gasteiger partial charge in [-0.3, -0.25) is 4.79 Å². The van der Waals surface area contributed by atoms with Gasteiger partial charge in [-0.25, -0.2) is 0 Å². The molecule has 0 saturated heterocycles. The quantitative estimate of drug-likeness (QED) is 0.765. The molecule has 4 rings (SSSR count). The Bertz CT molecular complexity index is 793. The molecule has 0 aliphatic heterocycles. The molecule has 2 atom stereocenters. The van der Waals surface area contributed by atoms with Crippen molar-refractivity contribution in [1.82, 2.24) is 10.5 Å². The molecule has 1 N–H and O–H groups in total. The first-order valence-corrected chi connectivity index (χ1v) is 10.4. The Balaban J connectivity index is 1.27. The molecule has 0 bridgehead atoms. The minimum absolute atomic E-state index is 0.0773. The number of aromatic nitrogens is 1. The van der Waals surface area contributed by atoms with Gasteiger partial charge >= 0.3 is 0 Å². The van der Waals surface area contributed by atoms with Crippen molar-refractivity contribution in [3.05, 3.63) is 47.9 Å². The summed E-state index contributed by atoms with van der Waals surface area (Å²) in [4.78, 5) is 12.4. The van der Waals surface area contributed by atoms with Crippen molar-refractivity contribution in [2.75, 3.05) is 0 Å². The fourth-order valence-corrected chi connectivity index (χ4v) is 4.53. The van der Waals surface area contributed by atoms with Crippen LogP contribution < -0.4 is 10.1 Å². The van der Waals surface area contributed by atoms with E-state index in [0.717, 1.165) is 42.9 Å². The van der Waals surface area contributed by atoms with Crippen molar-refractivity contribution < 1.29 is 14.1 Å². The highest BCUT2D eigenvalue weighted by Crippen LogP contribution is 2.48. The van der Waals surface area contributed by atoms with Gasteiger partial charge in [0, 0.05) is 18.0 Å². The molecular weight excluding hydrogens is 352 g/mol. The first-order valence-electron chi connectivity index (χ1n) is 10.4. The maximum atomic E-state index is 12.4. The zero-order valence-electron chi connectivity index (χ0n) is 16.8. The normalized spacial score (nSPS) is 23.9. The molecule has 2 aliphatic carbocycles. The number of carbonyl (C=O) groups excluding carboxylic acids is 1. The van der Waals surface area contributed by atoms with Gasteiger partial charge in [0.25, 0.3) is 0 Å². The number of nitrogens with one attached hydrogen (secondary N) is 1. The molecule has 0 spiro atoms. The SMILES string of the molecule is CC1(C)[C@H](Cc2cc(COc3ccccc3)on2)C[C@@H]1NC(=O)C1CCCC1. The fraction of sp³-hybridized carbons (Fsp3) is 0.565. The third-order valence-electron chi connectivity index (χ3n) is 6.70. The highest BCUT2D eigenvalue weighted by molar-refractivity contribution is 5.79. The predicted octanol–water partition coefficient (Wildman–Crippen LogP) is 4.52. The fourth-order valence-electron chi connectivity index (χ4n) is 4.53. The van der Waals surface area contributed by atoms with Gasteiger partial charge in [0.1, 0.15) is 12.4 Å². The van der Waals surface area contributed by atoms with Crippen LogP contribution in [0.2, 0.25) is 0 Å². The lowest BCUT2D eigenvalue weighted by Gasteiger charge is -2.52. The minimum atomic E-state index is 0.0773. The van der Waals surface area contributed by atoms with Crippen molar-refractivity contribution >= 4 is 5.91 Å². The van der Waals surface area contributed by atoms with Gasteiger partial charge in [-0.05, 0) is 49.1 Å². The first-order chi connectivity index (χ1) is 13.5. The lowest BCUT2D eigenvalue weighted by Crippen LogP contribution is -2.59. The van der Waals surface area contributed by atoms with Gasteiger partial charge in [-0.15, -0.1) is 0 Å². The van der Waals surface area contributed by atoms with Crippen molar-refractivity contribution in [3.63, 3.8) is 0 Å². The summed E-state index contributed by atoms with van der Waals surface area (Å²) in [5, 5.41) is 7.53. The number of amides is 1. The second kappa shape index (κ2) is 7.98. The van der Waals surface area contributed by atoms with Crippen LogP contribution >= 0.6 is 0 Å². The van der Waals surface area contributed by atoms with E-state index >= 15 is 0 Å². The zero-order chi connectivity index (χ0) is 19.6. The Labute approximate surface area is 166 Å². The van der Waals surface area contributed by atoms with Crippen LogP contribution in [0.1, 0.15) is 57.4 Å². The van der Waals surface area contributed by atoms with E-state index < -0.39 is 0 Å². The molecule has 2 aromatic rings. The summed E-state index contributed by atoms with van der Waals surface area (Å²) < 4.78 is 11.2. The second-order valence-electron chi connectivity index (χ2n) is 8.89. The number of carbonyl (C=O) groups is 1. The summed E-state index contributed by atoms with van der Waals surface area (Å²) in [6, 6.07) is 12.0. The van der Waals surface area contributed by atoms with Gasteiger partial charge in [0.2, 0.25) is 5.91 Å². The minimum Gasteiger partial charge on any atom is -0.486 e. The number of hydrogen-bond acceptors (Lipinski definition) is 4. The number of rotatable bonds is 7. The summed E-state index contributed by atoms with van der Waals surface area (Å²) in [7, 11) is 0. The molecule has 1 amide bonds. The van der Waals surface area contributed by atoms with E-state index in [1.165, 1.54) is 12.8 Å². The summed E-state index contributed by atoms with van der Waals surface area (Å²) in [5.41, 5.74) is 1.04. The van der Waals surface area contributed by atoms with E-state index in [0.29, 0.717) is 12.5 Å². The van der Waals surface area contributed by atoms with Crippen LogP contribution in [0.5, 0.6) is 5.75 Å². The smallest absolute Gasteiger partial charge is 0.223 e. The van der Waals surface area contributed by atoms with Gasteiger partial charge < -0.3 is 14.6 Å². The number of hydrogen-bond donors (Lipinski definition) is 1. The number of nitrogens with zero attached hydrogens (tertiary/aromatic N) is 1. The molecule has 0 unspecified atom stereocenters. The monoisotopic (exact) mass is 382 g/mol. The number of para-hydroxylation sites is 1. The zero-order valence-corrected chi connectivity index (χ0v) is 16.8. The average molecular weight is 383 g/mol. The summed E-state index contributed by atoms with van der Waals surface area (Å²) in [6.45, 7) is 4.88. The van der Waals surface area contributed by atoms with Crippen LogP contribution in [0.3, 0.4) is 0 Å². The Morgan fingerprint density at radius 1 is 1.25 bits per heavy atom. The highest BCUT2D eigenvalue weighted by atomic mass is 16.5. The van der Waals surface area contributed by atoms with E-state index in [9.17, 15) is 4.79 Å². The molecule has 5 nitrogen and oxygen atoms in total. The van der Waals surface area contributed by atoms with Gasteiger partial charge in [-0.1, -0.05) is 50.0 Å². The van der Waals surface area contributed by atoms with Gasteiger partial charge in [0.05, 0.1) is 5.69 Å². The topological polar surface area (TPSA) is 64.4 Å². The Hall–Kier alpha value is -2.30. The Morgan fingerprint density at radius 3 is 2.71 bits per heavy atom. The van der Waals surface area contributed by atoms with Crippen molar-refractivity contribution in [3.8, 4) is 5.75 Å². The van der Waals surface area contributed by atoms with Gasteiger partial charge in [0.15, 0.2) is 5.76 Å². The molecule has 1 heterocycles. The maximum absolute atomic E-state index is 12.4. The Kier molecular flexibility index (Phi) is 5.42. The lowest BCUT2D eigenvalue weighted by atomic mass is 9.57. The Morgan fingerprint density at radius 2 is 2.00 bits per heavy atom. The molecule has 150 valence electrons.